The number of nitrogens with two attached hydrogens (primary N) is 1. The van der Waals surface area contributed by atoms with Crippen LogP contribution in [0.25, 0.3) is 11.1 Å². The van der Waals surface area contributed by atoms with Gasteiger partial charge in [0.15, 0.2) is 0 Å². The topological polar surface area (TPSA) is 61.0 Å². The van der Waals surface area contributed by atoms with Crippen molar-refractivity contribution in [3.8, 4) is 11.1 Å². The van der Waals surface area contributed by atoms with E-state index in [2.05, 4.69) is 22.3 Å². The summed E-state index contributed by atoms with van der Waals surface area (Å²) in [5.41, 5.74) is 10.6. The van der Waals surface area contributed by atoms with Crippen LogP contribution >= 0.6 is 0 Å². The first kappa shape index (κ1) is 11.3. The van der Waals surface area contributed by atoms with Gasteiger partial charge in [0, 0.05) is 12.1 Å². The zero-order valence-corrected chi connectivity index (χ0v) is 10.0. The molecule has 0 bridgehead atoms. The molecule has 0 fully saturated rings. The molecule has 1 aliphatic heterocycles. The number of fused-ring (bicyclic) bond motifs is 1. The molecule has 2 N–H and O–H groups in total. The second-order valence-electron chi connectivity index (χ2n) is 4.35. The predicted molar refractivity (Wildman–Crippen MR) is 68.9 cm³/mol. The van der Waals surface area contributed by atoms with Crippen LogP contribution in [0.2, 0.25) is 0 Å². The molecule has 1 aromatic heterocycles. The highest BCUT2D eigenvalue weighted by Gasteiger charge is 2.21. The molecule has 0 aliphatic carbocycles. The lowest BCUT2D eigenvalue weighted by Crippen LogP contribution is -2.23. The molecule has 0 unspecified atom stereocenters. The summed E-state index contributed by atoms with van der Waals surface area (Å²) < 4.78 is 5.69. The molecule has 0 saturated heterocycles. The summed E-state index contributed by atoms with van der Waals surface area (Å²) >= 11 is 0. The van der Waals surface area contributed by atoms with Gasteiger partial charge in [-0.05, 0) is 29.2 Å². The number of nitrogens with zero attached hydrogens (tertiary/aromatic N) is 2. The average Bonchev–Trinajstić information content (AvgIpc) is 2.47. The Bertz CT molecular complexity index is 542. The lowest BCUT2D eigenvalue weighted by Gasteiger charge is -2.26. The highest BCUT2D eigenvalue weighted by molar-refractivity contribution is 5.68. The van der Waals surface area contributed by atoms with Crippen LogP contribution in [0, 0.1) is 0 Å². The van der Waals surface area contributed by atoms with E-state index in [9.17, 15) is 0 Å². The summed E-state index contributed by atoms with van der Waals surface area (Å²) in [7, 11) is 0. The minimum Gasteiger partial charge on any atom is -0.372 e. The molecule has 18 heavy (non-hydrogen) atoms. The minimum absolute atomic E-state index is 0.0171. The van der Waals surface area contributed by atoms with Gasteiger partial charge >= 0.3 is 0 Å². The van der Waals surface area contributed by atoms with Gasteiger partial charge in [0.1, 0.15) is 0 Å². The van der Waals surface area contributed by atoms with Crippen molar-refractivity contribution in [1.82, 2.24) is 10.2 Å². The summed E-state index contributed by atoms with van der Waals surface area (Å²) in [4.78, 5) is 0. The number of benzene rings is 1. The maximum atomic E-state index is 5.76. The van der Waals surface area contributed by atoms with E-state index in [0.29, 0.717) is 6.54 Å². The summed E-state index contributed by atoms with van der Waals surface area (Å²) in [5, 5.41) is 7.76. The first-order valence-electron chi connectivity index (χ1n) is 6.10. The lowest BCUT2D eigenvalue weighted by atomic mass is 9.90. The van der Waals surface area contributed by atoms with Crippen LogP contribution in [-0.2, 0) is 11.2 Å². The molecule has 92 valence electrons. The Morgan fingerprint density at radius 3 is 3.00 bits per heavy atom. The monoisotopic (exact) mass is 241 g/mol. The van der Waals surface area contributed by atoms with E-state index >= 15 is 0 Å². The number of hydrogen-bond acceptors (Lipinski definition) is 4. The van der Waals surface area contributed by atoms with E-state index in [4.69, 9.17) is 10.5 Å². The Kier molecular flexibility index (Phi) is 3.04. The highest BCUT2D eigenvalue weighted by atomic mass is 16.5. The van der Waals surface area contributed by atoms with Crippen molar-refractivity contribution >= 4 is 0 Å². The molecule has 1 aromatic carbocycles. The van der Waals surface area contributed by atoms with E-state index in [-0.39, 0.29) is 6.10 Å². The molecule has 4 heteroatoms. The van der Waals surface area contributed by atoms with Crippen LogP contribution in [0.3, 0.4) is 0 Å². The van der Waals surface area contributed by atoms with Crippen LogP contribution in [-0.4, -0.2) is 23.3 Å². The predicted octanol–water partition coefficient (Wildman–Crippen LogP) is 1.72. The normalized spacial score (nSPS) is 18.4. The third-order valence-corrected chi connectivity index (χ3v) is 3.34. The van der Waals surface area contributed by atoms with E-state index < -0.39 is 0 Å². The van der Waals surface area contributed by atoms with E-state index in [1.165, 1.54) is 16.7 Å². The van der Waals surface area contributed by atoms with Gasteiger partial charge < -0.3 is 10.5 Å². The summed E-state index contributed by atoms with van der Waals surface area (Å²) in [6.07, 6.45) is 4.45. The number of hydrogen-bond donors (Lipinski definition) is 1. The first-order valence-corrected chi connectivity index (χ1v) is 6.10. The molecular weight excluding hydrogens is 226 g/mol. The average molecular weight is 241 g/mol. The van der Waals surface area contributed by atoms with Crippen molar-refractivity contribution in [2.75, 3.05) is 13.2 Å². The molecule has 2 aromatic rings. The third-order valence-electron chi connectivity index (χ3n) is 3.34. The highest BCUT2D eigenvalue weighted by Crippen LogP contribution is 2.33. The van der Waals surface area contributed by atoms with Crippen molar-refractivity contribution in [1.29, 1.82) is 0 Å². The third kappa shape index (κ3) is 1.89. The molecule has 0 saturated carbocycles. The molecule has 0 radical (unpaired) electrons. The summed E-state index contributed by atoms with van der Waals surface area (Å²) in [6.45, 7) is 1.25. The Morgan fingerprint density at radius 2 is 2.22 bits per heavy atom. The van der Waals surface area contributed by atoms with Crippen molar-refractivity contribution in [2.45, 2.75) is 12.5 Å². The maximum Gasteiger partial charge on any atom is 0.0950 e. The van der Waals surface area contributed by atoms with Crippen LogP contribution < -0.4 is 5.73 Å². The molecule has 0 spiro atoms. The van der Waals surface area contributed by atoms with Gasteiger partial charge in [-0.3, -0.25) is 0 Å². The fourth-order valence-electron chi connectivity index (χ4n) is 2.49. The largest absolute Gasteiger partial charge is 0.372 e. The van der Waals surface area contributed by atoms with Crippen molar-refractivity contribution in [2.24, 2.45) is 5.73 Å². The molecular formula is C14H15N3O. The van der Waals surface area contributed by atoms with Crippen molar-refractivity contribution in [3.05, 3.63) is 47.8 Å². The van der Waals surface area contributed by atoms with E-state index in [1.54, 1.807) is 12.4 Å². The lowest BCUT2D eigenvalue weighted by molar-refractivity contribution is 0.0486. The smallest absolute Gasteiger partial charge is 0.0950 e. The van der Waals surface area contributed by atoms with Crippen molar-refractivity contribution in [3.63, 3.8) is 0 Å². The van der Waals surface area contributed by atoms with Gasteiger partial charge in [-0.2, -0.15) is 10.2 Å². The SMILES string of the molecule is NC[C@H]1OCCc2c(-c3ccnnc3)cccc21. The van der Waals surface area contributed by atoms with Gasteiger partial charge in [0.2, 0.25) is 0 Å². The van der Waals surface area contributed by atoms with Gasteiger partial charge in [-0.25, -0.2) is 0 Å². The molecule has 4 nitrogen and oxygen atoms in total. The zero-order chi connectivity index (χ0) is 12.4. The van der Waals surface area contributed by atoms with Crippen LogP contribution in [0.4, 0.5) is 0 Å². The Labute approximate surface area is 106 Å². The molecule has 1 aliphatic rings. The van der Waals surface area contributed by atoms with Gasteiger partial charge in [-0.15, -0.1) is 0 Å². The van der Waals surface area contributed by atoms with Gasteiger partial charge in [0.25, 0.3) is 0 Å². The van der Waals surface area contributed by atoms with Gasteiger partial charge in [0.05, 0.1) is 25.1 Å². The van der Waals surface area contributed by atoms with Crippen LogP contribution in [0.15, 0.2) is 36.7 Å². The number of rotatable bonds is 2. The molecule has 2 heterocycles. The second-order valence-corrected chi connectivity index (χ2v) is 4.35. The maximum absolute atomic E-state index is 5.76. The number of ether oxygens (including phenoxy) is 1. The molecule has 3 rings (SSSR count). The van der Waals surface area contributed by atoms with E-state index in [1.807, 2.05) is 12.1 Å². The summed E-state index contributed by atoms with van der Waals surface area (Å²) in [6, 6.07) is 8.25. The fourth-order valence-corrected chi connectivity index (χ4v) is 2.49. The van der Waals surface area contributed by atoms with Gasteiger partial charge in [-0.1, -0.05) is 18.2 Å². The fraction of sp³-hybridized carbons (Fsp3) is 0.286. The number of aromatic nitrogens is 2. The standard InChI is InChI=1S/C14H15N3O/c15-8-14-13-3-1-2-11(12(13)5-7-18-14)10-4-6-16-17-9-10/h1-4,6,9,14H,5,7-8,15H2/t14-/m1/s1. The molecule has 1 atom stereocenters. The minimum atomic E-state index is 0.0171. The second kappa shape index (κ2) is 4.84. The summed E-state index contributed by atoms with van der Waals surface area (Å²) in [5.74, 6) is 0. The zero-order valence-electron chi connectivity index (χ0n) is 10.0. The van der Waals surface area contributed by atoms with Crippen molar-refractivity contribution < 1.29 is 4.74 Å². The van der Waals surface area contributed by atoms with E-state index in [0.717, 1.165) is 18.6 Å². The molecule has 0 amide bonds. The first-order chi connectivity index (χ1) is 8.90. The quantitative estimate of drug-likeness (QED) is 0.869. The van der Waals surface area contributed by atoms with Crippen LogP contribution in [0.1, 0.15) is 17.2 Å². The van der Waals surface area contributed by atoms with Crippen LogP contribution in [0.5, 0.6) is 0 Å². The Balaban J connectivity index is 2.12. The Hall–Kier alpha value is -1.78. The Morgan fingerprint density at radius 1 is 1.28 bits per heavy atom.